The molecule has 0 bridgehead atoms. The molecule has 0 saturated carbocycles. The lowest BCUT2D eigenvalue weighted by Crippen LogP contribution is -2.40. The first-order chi connectivity index (χ1) is 15.4. The molecule has 1 aliphatic heterocycles. The number of thioether (sulfide) groups is 1. The molecule has 10 heteroatoms. The van der Waals surface area contributed by atoms with E-state index in [0.717, 1.165) is 34.6 Å². The first-order valence-corrected chi connectivity index (χ1v) is 12.6. The lowest BCUT2D eigenvalue weighted by atomic mass is 9.92. The summed E-state index contributed by atoms with van der Waals surface area (Å²) in [5, 5.41) is 0. The van der Waals surface area contributed by atoms with Crippen LogP contribution in [0.4, 0.5) is 5.95 Å². The minimum Gasteiger partial charge on any atom is -0.342 e. The van der Waals surface area contributed by atoms with Crippen LogP contribution in [0.2, 0.25) is 0 Å². The fourth-order valence-corrected chi connectivity index (χ4v) is 6.70. The first kappa shape index (κ1) is 21.3. The number of fused-ring (bicyclic) bond motifs is 2. The molecule has 1 aromatic carbocycles. The minimum absolute atomic E-state index is 0.384. The van der Waals surface area contributed by atoms with Gasteiger partial charge in [-0.05, 0) is 30.4 Å². The lowest BCUT2D eigenvalue weighted by Gasteiger charge is -2.35. The van der Waals surface area contributed by atoms with Crippen LogP contribution >= 0.6 is 23.1 Å². The summed E-state index contributed by atoms with van der Waals surface area (Å²) in [6.45, 7) is 6.89. The van der Waals surface area contributed by atoms with Crippen molar-refractivity contribution in [1.82, 2.24) is 24.1 Å². The molecule has 5 rings (SSSR count). The molecule has 1 aliphatic rings. The van der Waals surface area contributed by atoms with E-state index in [0.29, 0.717) is 29.5 Å². The summed E-state index contributed by atoms with van der Waals surface area (Å²) in [5.41, 5.74) is 1.08. The average Bonchev–Trinajstić information content (AvgIpc) is 3.33. The molecule has 2 atom stereocenters. The number of rotatable bonds is 5. The number of aromatic amines is 1. The zero-order valence-corrected chi connectivity index (χ0v) is 20.0. The smallest absolute Gasteiger partial charge is 0.329 e. The Balaban J connectivity index is 1.50. The van der Waals surface area contributed by atoms with E-state index in [-0.39, 0.29) is 5.56 Å². The van der Waals surface area contributed by atoms with Gasteiger partial charge < -0.3 is 9.47 Å². The largest absolute Gasteiger partial charge is 0.342 e. The number of H-pyrrole nitrogens is 1. The molecule has 0 aliphatic carbocycles. The van der Waals surface area contributed by atoms with Gasteiger partial charge in [0.15, 0.2) is 15.5 Å². The number of aromatic nitrogens is 5. The van der Waals surface area contributed by atoms with E-state index in [1.165, 1.54) is 15.7 Å². The molecule has 8 nitrogen and oxygen atoms in total. The summed E-state index contributed by atoms with van der Waals surface area (Å²) in [4.78, 5) is 39.2. The van der Waals surface area contributed by atoms with Gasteiger partial charge >= 0.3 is 5.69 Å². The monoisotopic (exact) mass is 470 g/mol. The number of para-hydroxylation sites is 1. The number of anilines is 1. The van der Waals surface area contributed by atoms with E-state index < -0.39 is 5.69 Å². The van der Waals surface area contributed by atoms with Crippen molar-refractivity contribution in [1.29, 1.82) is 0 Å². The summed E-state index contributed by atoms with van der Waals surface area (Å²) < 4.78 is 5.60. The Kier molecular flexibility index (Phi) is 5.58. The molecule has 168 valence electrons. The maximum absolute atomic E-state index is 12.8. The van der Waals surface area contributed by atoms with E-state index >= 15 is 0 Å². The number of hydrogen-bond donors (Lipinski definition) is 1. The second kappa shape index (κ2) is 8.40. The summed E-state index contributed by atoms with van der Waals surface area (Å²) in [5.74, 6) is 2.62. The number of aryl methyl sites for hydroxylation is 2. The molecule has 1 saturated heterocycles. The predicted molar refractivity (Wildman–Crippen MR) is 131 cm³/mol. The van der Waals surface area contributed by atoms with Crippen molar-refractivity contribution in [2.75, 3.05) is 23.7 Å². The zero-order chi connectivity index (χ0) is 22.4. The van der Waals surface area contributed by atoms with E-state index in [2.05, 4.69) is 29.8 Å². The van der Waals surface area contributed by atoms with Gasteiger partial charge in [-0.15, -0.1) is 11.3 Å². The van der Waals surface area contributed by atoms with Gasteiger partial charge in [-0.3, -0.25) is 14.3 Å². The Bertz CT molecular complexity index is 1360. The van der Waals surface area contributed by atoms with Gasteiger partial charge in [0.25, 0.3) is 5.56 Å². The summed E-state index contributed by atoms with van der Waals surface area (Å²) in [6.07, 6.45) is 1.18. The number of piperidine rings is 1. The Morgan fingerprint density at radius 3 is 2.66 bits per heavy atom. The number of thiazole rings is 1. The van der Waals surface area contributed by atoms with Crippen LogP contribution in [0.15, 0.2) is 38.2 Å². The van der Waals surface area contributed by atoms with Crippen molar-refractivity contribution < 1.29 is 0 Å². The number of hydrogen-bond acceptors (Lipinski definition) is 7. The fourth-order valence-electron chi connectivity index (χ4n) is 4.64. The number of benzene rings is 1. The van der Waals surface area contributed by atoms with Crippen LogP contribution in [0, 0.1) is 11.8 Å². The molecule has 4 heterocycles. The van der Waals surface area contributed by atoms with Crippen molar-refractivity contribution in [3.63, 3.8) is 0 Å². The van der Waals surface area contributed by atoms with E-state index in [9.17, 15) is 9.59 Å². The molecule has 1 fully saturated rings. The van der Waals surface area contributed by atoms with Crippen LogP contribution in [-0.4, -0.2) is 42.9 Å². The third kappa shape index (κ3) is 3.86. The Hall–Kier alpha value is -2.59. The number of imidazole rings is 1. The van der Waals surface area contributed by atoms with Gasteiger partial charge in [0.05, 0.1) is 10.2 Å². The Labute approximate surface area is 193 Å². The Morgan fingerprint density at radius 2 is 1.91 bits per heavy atom. The van der Waals surface area contributed by atoms with Crippen LogP contribution in [0.3, 0.4) is 0 Å². The minimum atomic E-state index is -0.442. The van der Waals surface area contributed by atoms with Crippen molar-refractivity contribution in [2.45, 2.75) is 31.2 Å². The summed E-state index contributed by atoms with van der Waals surface area (Å²) in [6, 6.07) is 8.13. The zero-order valence-electron chi connectivity index (χ0n) is 18.4. The highest BCUT2D eigenvalue weighted by Crippen LogP contribution is 2.31. The second-order valence-corrected chi connectivity index (χ2v) is 11.1. The molecule has 4 aromatic rings. The summed E-state index contributed by atoms with van der Waals surface area (Å²) >= 11 is 3.36. The molecule has 0 radical (unpaired) electrons. The quantitative estimate of drug-likeness (QED) is 0.450. The molecule has 32 heavy (non-hydrogen) atoms. The van der Waals surface area contributed by atoms with Gasteiger partial charge in [-0.1, -0.05) is 37.7 Å². The maximum atomic E-state index is 12.8. The average molecular weight is 471 g/mol. The normalized spacial score (nSPS) is 19.3. The number of nitrogens with zero attached hydrogens (tertiary/aromatic N) is 5. The molecular formula is C22H26N6O2S2. The molecular weight excluding hydrogens is 444 g/mol. The molecule has 0 amide bonds. The van der Waals surface area contributed by atoms with E-state index in [1.807, 2.05) is 22.8 Å². The highest BCUT2D eigenvalue weighted by Gasteiger charge is 2.27. The van der Waals surface area contributed by atoms with Crippen molar-refractivity contribution >= 4 is 50.4 Å². The third-order valence-corrected chi connectivity index (χ3v) is 8.11. The highest BCUT2D eigenvalue weighted by molar-refractivity contribution is 8.01. The molecule has 0 spiro atoms. The standard InChI is InChI=1S/C22H26N6O2S2/c1-13-10-14(2)12-27(11-13)20-24-18-17(19(29)25-21(30)26(18)3)28(20)8-9-31-22-23-15-6-4-5-7-16(15)32-22/h4-7,13-14H,8-12H2,1-3H3,(H,25,29,30)/t13-,14-/m0/s1. The first-order valence-electron chi connectivity index (χ1n) is 10.8. The molecule has 3 aromatic heterocycles. The van der Waals surface area contributed by atoms with E-state index in [4.69, 9.17) is 9.97 Å². The second-order valence-electron chi connectivity index (χ2n) is 8.70. The van der Waals surface area contributed by atoms with Crippen LogP contribution in [0.1, 0.15) is 20.3 Å². The Morgan fingerprint density at radius 1 is 1.16 bits per heavy atom. The van der Waals surface area contributed by atoms with Gasteiger partial charge in [-0.2, -0.15) is 4.98 Å². The summed E-state index contributed by atoms with van der Waals surface area (Å²) in [7, 11) is 1.65. The van der Waals surface area contributed by atoms with E-state index in [1.54, 1.807) is 30.1 Å². The maximum Gasteiger partial charge on any atom is 0.329 e. The van der Waals surface area contributed by atoms with Crippen LogP contribution < -0.4 is 16.1 Å². The van der Waals surface area contributed by atoms with Crippen LogP contribution in [0.25, 0.3) is 21.4 Å². The molecule has 1 N–H and O–H groups in total. The fraction of sp³-hybridized carbons (Fsp3) is 0.455. The van der Waals surface area contributed by atoms with Gasteiger partial charge in [-0.25, -0.2) is 9.78 Å². The van der Waals surface area contributed by atoms with Crippen LogP contribution in [0.5, 0.6) is 0 Å². The predicted octanol–water partition coefficient (Wildman–Crippen LogP) is 3.31. The lowest BCUT2D eigenvalue weighted by molar-refractivity contribution is 0.352. The highest BCUT2D eigenvalue weighted by atomic mass is 32.2. The van der Waals surface area contributed by atoms with Gasteiger partial charge in [0, 0.05) is 32.4 Å². The van der Waals surface area contributed by atoms with Crippen molar-refractivity contribution in [3.05, 3.63) is 45.1 Å². The topological polar surface area (TPSA) is 88.8 Å². The van der Waals surface area contributed by atoms with Crippen molar-refractivity contribution in [3.8, 4) is 0 Å². The van der Waals surface area contributed by atoms with Gasteiger partial charge in [0.2, 0.25) is 5.95 Å². The number of nitrogens with one attached hydrogen (secondary N) is 1. The third-order valence-electron chi connectivity index (χ3n) is 5.95. The van der Waals surface area contributed by atoms with Gasteiger partial charge in [0.1, 0.15) is 0 Å². The van der Waals surface area contributed by atoms with Crippen LogP contribution in [-0.2, 0) is 13.6 Å². The SMILES string of the molecule is C[C@H]1C[C@H](C)CN(c2nc3c(c(=O)[nH]c(=O)n3C)n2CCSc2nc3ccccc3s2)C1. The van der Waals surface area contributed by atoms with Crippen molar-refractivity contribution in [2.24, 2.45) is 18.9 Å². The molecule has 0 unspecified atom stereocenters.